The molecule has 0 aliphatic carbocycles. The quantitative estimate of drug-likeness (QED) is 0.722. The van der Waals surface area contributed by atoms with Gasteiger partial charge in [0.05, 0.1) is 23.0 Å². The first-order chi connectivity index (χ1) is 14.5. The topological polar surface area (TPSA) is 69.3 Å². The number of aryl methyl sites for hydroxylation is 1. The van der Waals surface area contributed by atoms with Crippen molar-refractivity contribution in [3.05, 3.63) is 59.4 Å². The van der Waals surface area contributed by atoms with Gasteiger partial charge in [0, 0.05) is 25.2 Å². The Morgan fingerprint density at radius 1 is 1.13 bits per heavy atom. The van der Waals surface area contributed by atoms with E-state index in [1.54, 1.807) is 4.90 Å². The van der Waals surface area contributed by atoms with E-state index in [1.807, 2.05) is 61.2 Å². The molecule has 3 aromatic rings. The van der Waals surface area contributed by atoms with Crippen molar-refractivity contribution < 1.29 is 9.59 Å². The second-order valence-electron chi connectivity index (χ2n) is 8.45. The molecule has 2 atom stereocenters. The average Bonchev–Trinajstić information content (AvgIpc) is 3.46. The van der Waals surface area contributed by atoms with Gasteiger partial charge < -0.3 is 14.8 Å². The molecule has 0 saturated carbocycles. The number of H-pyrrole nitrogens is 1. The van der Waals surface area contributed by atoms with Gasteiger partial charge in [0.2, 0.25) is 11.8 Å². The summed E-state index contributed by atoms with van der Waals surface area (Å²) in [6.07, 6.45) is 2.12. The minimum Gasteiger partial charge on any atom is -0.340 e. The fraction of sp³-hybridized carbons (Fsp3) is 0.375. The van der Waals surface area contributed by atoms with Crippen LogP contribution in [0.3, 0.4) is 0 Å². The lowest BCUT2D eigenvalue weighted by atomic mass is 10.1. The minimum absolute atomic E-state index is 0.0292. The lowest BCUT2D eigenvalue weighted by Gasteiger charge is -2.26. The van der Waals surface area contributed by atoms with Crippen molar-refractivity contribution in [2.75, 3.05) is 18.0 Å². The number of carbonyl (C=O) groups is 2. The minimum atomic E-state index is -0.303. The summed E-state index contributed by atoms with van der Waals surface area (Å²) in [5.74, 6) is 0.640. The third kappa shape index (κ3) is 3.07. The number of anilines is 1. The second-order valence-corrected chi connectivity index (χ2v) is 8.45. The van der Waals surface area contributed by atoms with Gasteiger partial charge in [0.1, 0.15) is 5.82 Å². The Bertz CT molecular complexity index is 1100. The van der Waals surface area contributed by atoms with Crippen molar-refractivity contribution in [1.82, 2.24) is 14.9 Å². The molecule has 2 unspecified atom stereocenters. The molecule has 6 heteroatoms. The first-order valence-corrected chi connectivity index (χ1v) is 10.6. The molecule has 0 bridgehead atoms. The van der Waals surface area contributed by atoms with Crippen molar-refractivity contribution in [2.24, 2.45) is 5.92 Å². The molecule has 2 aliphatic rings. The van der Waals surface area contributed by atoms with Crippen LogP contribution in [0.4, 0.5) is 5.69 Å². The second kappa shape index (κ2) is 7.27. The first kappa shape index (κ1) is 18.9. The Labute approximate surface area is 175 Å². The average molecular weight is 402 g/mol. The number of aromatic nitrogens is 2. The molecule has 2 saturated heterocycles. The third-order valence-electron chi connectivity index (χ3n) is 6.60. The normalized spacial score (nSPS) is 21.7. The molecule has 2 aromatic carbocycles. The molecule has 2 aliphatic heterocycles. The van der Waals surface area contributed by atoms with Crippen LogP contribution in [0.2, 0.25) is 0 Å². The van der Waals surface area contributed by atoms with E-state index in [1.165, 1.54) is 0 Å². The van der Waals surface area contributed by atoms with E-state index in [9.17, 15) is 9.59 Å². The molecule has 154 valence electrons. The fourth-order valence-corrected chi connectivity index (χ4v) is 4.81. The van der Waals surface area contributed by atoms with Crippen LogP contribution in [-0.2, 0) is 9.59 Å². The smallest absolute Gasteiger partial charge is 0.228 e. The summed E-state index contributed by atoms with van der Waals surface area (Å²) in [6.45, 7) is 5.25. The molecule has 2 amide bonds. The molecule has 0 radical (unpaired) electrons. The van der Waals surface area contributed by atoms with Gasteiger partial charge in [-0.1, -0.05) is 24.3 Å². The van der Waals surface area contributed by atoms with E-state index in [-0.39, 0.29) is 30.2 Å². The standard InChI is InChI=1S/C24H26N4O2/c1-15-7-5-10-20(16(15)2)28-14-17(13-22(28)29)24(30)27-12-6-11-21(27)23-25-18-8-3-4-9-19(18)26-23/h3-5,7-10,17,21H,6,11-14H2,1-2H3,(H,25,26). The van der Waals surface area contributed by atoms with Crippen molar-refractivity contribution in [3.8, 4) is 0 Å². The SMILES string of the molecule is Cc1cccc(N2CC(C(=O)N3CCCC3c3nc4ccccc4[nH]3)CC2=O)c1C. The van der Waals surface area contributed by atoms with Gasteiger partial charge in [-0.3, -0.25) is 9.59 Å². The monoisotopic (exact) mass is 402 g/mol. The number of rotatable bonds is 3. The third-order valence-corrected chi connectivity index (χ3v) is 6.60. The Kier molecular flexibility index (Phi) is 4.57. The molecule has 2 fully saturated rings. The molecule has 1 aromatic heterocycles. The van der Waals surface area contributed by atoms with Crippen molar-refractivity contribution in [3.63, 3.8) is 0 Å². The molecule has 6 nitrogen and oxygen atoms in total. The van der Waals surface area contributed by atoms with Crippen LogP contribution in [0.25, 0.3) is 11.0 Å². The summed E-state index contributed by atoms with van der Waals surface area (Å²) >= 11 is 0. The van der Waals surface area contributed by atoms with Gasteiger partial charge in [-0.2, -0.15) is 0 Å². The van der Waals surface area contributed by atoms with E-state index in [2.05, 4.69) is 4.98 Å². The zero-order valence-electron chi connectivity index (χ0n) is 17.4. The molecular formula is C24H26N4O2. The highest BCUT2D eigenvalue weighted by Crippen LogP contribution is 2.36. The van der Waals surface area contributed by atoms with Crippen LogP contribution in [0.1, 0.15) is 42.3 Å². The number of nitrogens with one attached hydrogen (secondary N) is 1. The van der Waals surface area contributed by atoms with Gasteiger partial charge in [-0.25, -0.2) is 4.98 Å². The molecule has 0 spiro atoms. The molecule has 5 rings (SSSR count). The Morgan fingerprint density at radius 3 is 2.80 bits per heavy atom. The molecule has 3 heterocycles. The number of hydrogen-bond donors (Lipinski definition) is 1. The van der Waals surface area contributed by atoms with Gasteiger partial charge >= 0.3 is 0 Å². The number of fused-ring (bicyclic) bond motifs is 1. The number of carbonyl (C=O) groups excluding carboxylic acids is 2. The molecular weight excluding hydrogens is 376 g/mol. The highest BCUT2D eigenvalue weighted by atomic mass is 16.2. The number of para-hydroxylation sites is 2. The summed E-state index contributed by atoms with van der Waals surface area (Å²) < 4.78 is 0. The zero-order valence-corrected chi connectivity index (χ0v) is 17.4. The number of benzene rings is 2. The maximum absolute atomic E-state index is 13.4. The lowest BCUT2D eigenvalue weighted by molar-refractivity contribution is -0.136. The number of nitrogens with zero attached hydrogens (tertiary/aromatic N) is 3. The summed E-state index contributed by atoms with van der Waals surface area (Å²) in [5, 5.41) is 0. The van der Waals surface area contributed by atoms with Crippen molar-refractivity contribution in [1.29, 1.82) is 0 Å². The van der Waals surface area contributed by atoms with Crippen LogP contribution in [0.15, 0.2) is 42.5 Å². The largest absolute Gasteiger partial charge is 0.340 e. The van der Waals surface area contributed by atoms with Crippen LogP contribution >= 0.6 is 0 Å². The van der Waals surface area contributed by atoms with E-state index in [0.717, 1.165) is 46.5 Å². The van der Waals surface area contributed by atoms with Crippen LogP contribution in [0, 0.1) is 19.8 Å². The zero-order chi connectivity index (χ0) is 20.8. The predicted molar refractivity (Wildman–Crippen MR) is 116 cm³/mol. The van der Waals surface area contributed by atoms with Crippen LogP contribution in [0.5, 0.6) is 0 Å². The number of amides is 2. The number of imidazole rings is 1. The number of likely N-dealkylation sites (tertiary alicyclic amines) is 1. The summed E-state index contributed by atoms with van der Waals surface area (Å²) in [6, 6.07) is 13.9. The van der Waals surface area contributed by atoms with Crippen LogP contribution < -0.4 is 4.90 Å². The number of hydrogen-bond acceptors (Lipinski definition) is 3. The van der Waals surface area contributed by atoms with Crippen molar-refractivity contribution >= 4 is 28.5 Å². The maximum Gasteiger partial charge on any atom is 0.228 e. The fourth-order valence-electron chi connectivity index (χ4n) is 4.81. The van der Waals surface area contributed by atoms with Crippen molar-refractivity contribution in [2.45, 2.75) is 39.2 Å². The highest BCUT2D eigenvalue weighted by molar-refractivity contribution is 6.01. The first-order valence-electron chi connectivity index (χ1n) is 10.6. The number of aromatic amines is 1. The Hall–Kier alpha value is -3.15. The van der Waals surface area contributed by atoms with Gasteiger partial charge in [-0.15, -0.1) is 0 Å². The van der Waals surface area contributed by atoms with Gasteiger partial charge in [0.15, 0.2) is 0 Å². The van der Waals surface area contributed by atoms with E-state index in [0.29, 0.717) is 13.1 Å². The summed E-state index contributed by atoms with van der Waals surface area (Å²) in [4.78, 5) is 38.0. The Morgan fingerprint density at radius 2 is 1.97 bits per heavy atom. The van der Waals surface area contributed by atoms with Gasteiger partial charge in [-0.05, 0) is 56.0 Å². The van der Waals surface area contributed by atoms with Crippen LogP contribution in [-0.4, -0.2) is 39.8 Å². The van der Waals surface area contributed by atoms with E-state index < -0.39 is 0 Å². The lowest BCUT2D eigenvalue weighted by Crippen LogP contribution is -2.37. The van der Waals surface area contributed by atoms with Gasteiger partial charge in [0.25, 0.3) is 0 Å². The molecule has 1 N–H and O–H groups in total. The van der Waals surface area contributed by atoms with E-state index >= 15 is 0 Å². The summed E-state index contributed by atoms with van der Waals surface area (Å²) in [5.41, 5.74) is 5.08. The summed E-state index contributed by atoms with van der Waals surface area (Å²) in [7, 11) is 0. The molecule has 30 heavy (non-hydrogen) atoms. The predicted octanol–water partition coefficient (Wildman–Crippen LogP) is 3.90. The van der Waals surface area contributed by atoms with E-state index in [4.69, 9.17) is 4.98 Å². The Balaban J connectivity index is 1.37. The maximum atomic E-state index is 13.4. The highest BCUT2D eigenvalue weighted by Gasteiger charge is 2.41.